The first kappa shape index (κ1) is 12.5. The summed E-state index contributed by atoms with van der Waals surface area (Å²) in [5.41, 5.74) is 0.557. The molecular weight excluding hydrogens is 230 g/mol. The van der Waals surface area contributed by atoms with E-state index in [1.165, 1.54) is 0 Å². The lowest BCUT2D eigenvalue weighted by Crippen LogP contribution is -2.19. The SMILES string of the molecule is CC(C)c1ncc(NC2CC=CC2)c(C(=O)O)n1. The number of carboxylic acid groups (broad SMARTS) is 1. The summed E-state index contributed by atoms with van der Waals surface area (Å²) in [7, 11) is 0. The van der Waals surface area contributed by atoms with E-state index in [1.54, 1.807) is 6.20 Å². The molecule has 2 rings (SSSR count). The van der Waals surface area contributed by atoms with Crippen molar-refractivity contribution in [1.29, 1.82) is 0 Å². The second-order valence-corrected chi connectivity index (χ2v) is 4.73. The molecule has 0 saturated heterocycles. The summed E-state index contributed by atoms with van der Waals surface area (Å²) in [5, 5.41) is 12.4. The van der Waals surface area contributed by atoms with Crippen molar-refractivity contribution in [3.05, 3.63) is 29.9 Å². The molecule has 0 atom stereocenters. The minimum Gasteiger partial charge on any atom is -0.476 e. The molecule has 1 aliphatic rings. The van der Waals surface area contributed by atoms with Gasteiger partial charge in [0.2, 0.25) is 0 Å². The lowest BCUT2D eigenvalue weighted by Gasteiger charge is -2.15. The zero-order valence-corrected chi connectivity index (χ0v) is 10.6. The van der Waals surface area contributed by atoms with Gasteiger partial charge in [-0.25, -0.2) is 14.8 Å². The van der Waals surface area contributed by atoms with Crippen LogP contribution in [0.1, 0.15) is 48.9 Å². The van der Waals surface area contributed by atoms with E-state index in [4.69, 9.17) is 0 Å². The normalized spacial score (nSPS) is 15.3. The van der Waals surface area contributed by atoms with Gasteiger partial charge in [0.25, 0.3) is 0 Å². The fourth-order valence-electron chi connectivity index (χ4n) is 1.90. The first-order valence-corrected chi connectivity index (χ1v) is 6.09. The monoisotopic (exact) mass is 247 g/mol. The molecule has 0 radical (unpaired) electrons. The van der Waals surface area contributed by atoms with E-state index in [1.807, 2.05) is 13.8 Å². The summed E-state index contributed by atoms with van der Waals surface area (Å²) < 4.78 is 0. The molecule has 0 fully saturated rings. The highest BCUT2D eigenvalue weighted by atomic mass is 16.4. The van der Waals surface area contributed by atoms with Gasteiger partial charge in [0.1, 0.15) is 5.82 Å². The van der Waals surface area contributed by atoms with Gasteiger partial charge < -0.3 is 10.4 Å². The van der Waals surface area contributed by atoms with Gasteiger partial charge in [0.15, 0.2) is 5.69 Å². The van der Waals surface area contributed by atoms with Gasteiger partial charge in [-0.1, -0.05) is 26.0 Å². The molecule has 1 aromatic rings. The smallest absolute Gasteiger partial charge is 0.356 e. The predicted octanol–water partition coefficient (Wildman–Crippen LogP) is 2.43. The lowest BCUT2D eigenvalue weighted by molar-refractivity contribution is 0.0691. The lowest BCUT2D eigenvalue weighted by atomic mass is 10.2. The van der Waals surface area contributed by atoms with E-state index in [2.05, 4.69) is 27.4 Å². The standard InChI is InChI=1S/C13H17N3O2/c1-8(2)12-14-7-10(11(16-12)13(17)18)15-9-5-3-4-6-9/h3-4,7-9,15H,5-6H2,1-2H3,(H,17,18). The molecular formula is C13H17N3O2. The molecule has 0 unspecified atom stereocenters. The fourth-order valence-corrected chi connectivity index (χ4v) is 1.90. The van der Waals surface area contributed by atoms with Gasteiger partial charge in [-0.2, -0.15) is 0 Å². The Hall–Kier alpha value is -1.91. The number of anilines is 1. The molecule has 1 aromatic heterocycles. The van der Waals surface area contributed by atoms with Crippen LogP contribution in [0.15, 0.2) is 18.3 Å². The maximum atomic E-state index is 11.2. The average Bonchev–Trinajstić information content (AvgIpc) is 2.81. The molecule has 5 nitrogen and oxygen atoms in total. The highest BCUT2D eigenvalue weighted by molar-refractivity contribution is 5.91. The number of hydrogen-bond donors (Lipinski definition) is 2. The third kappa shape index (κ3) is 2.67. The number of carbonyl (C=O) groups is 1. The summed E-state index contributed by atoms with van der Waals surface area (Å²) in [6, 6.07) is 0.247. The maximum Gasteiger partial charge on any atom is 0.356 e. The molecule has 0 aliphatic heterocycles. The van der Waals surface area contributed by atoms with Crippen LogP contribution in [-0.4, -0.2) is 27.1 Å². The van der Waals surface area contributed by atoms with E-state index in [0.717, 1.165) is 12.8 Å². The molecule has 0 amide bonds. The van der Waals surface area contributed by atoms with Gasteiger partial charge in [-0.15, -0.1) is 0 Å². The molecule has 0 spiro atoms. The Kier molecular flexibility index (Phi) is 3.60. The van der Waals surface area contributed by atoms with E-state index in [-0.39, 0.29) is 17.7 Å². The van der Waals surface area contributed by atoms with Crippen molar-refractivity contribution in [2.75, 3.05) is 5.32 Å². The Balaban J connectivity index is 2.25. The Morgan fingerprint density at radius 1 is 1.44 bits per heavy atom. The van der Waals surface area contributed by atoms with Crippen LogP contribution in [0, 0.1) is 0 Å². The first-order chi connectivity index (χ1) is 8.58. The number of aromatic nitrogens is 2. The number of rotatable bonds is 4. The van der Waals surface area contributed by atoms with Crippen molar-refractivity contribution < 1.29 is 9.90 Å². The second kappa shape index (κ2) is 5.16. The first-order valence-electron chi connectivity index (χ1n) is 6.09. The quantitative estimate of drug-likeness (QED) is 0.799. The molecule has 1 heterocycles. The molecule has 0 aromatic carbocycles. The molecule has 96 valence electrons. The van der Waals surface area contributed by atoms with Gasteiger partial charge in [-0.3, -0.25) is 0 Å². The van der Waals surface area contributed by atoms with Crippen molar-refractivity contribution in [2.24, 2.45) is 0 Å². The number of carboxylic acids is 1. The number of nitrogens with zero attached hydrogens (tertiary/aromatic N) is 2. The van der Waals surface area contributed by atoms with Crippen LogP contribution in [0.4, 0.5) is 5.69 Å². The van der Waals surface area contributed by atoms with Crippen molar-refractivity contribution >= 4 is 11.7 Å². The Morgan fingerprint density at radius 3 is 2.67 bits per heavy atom. The summed E-state index contributed by atoms with van der Waals surface area (Å²) in [5.74, 6) is -0.347. The average molecular weight is 247 g/mol. The number of hydrogen-bond acceptors (Lipinski definition) is 4. The van der Waals surface area contributed by atoms with Gasteiger partial charge in [0.05, 0.1) is 11.9 Å². The van der Waals surface area contributed by atoms with Crippen LogP contribution in [0.3, 0.4) is 0 Å². The predicted molar refractivity (Wildman–Crippen MR) is 68.9 cm³/mol. The summed E-state index contributed by atoms with van der Waals surface area (Å²) in [6.45, 7) is 3.88. The van der Waals surface area contributed by atoms with Crippen molar-refractivity contribution in [1.82, 2.24) is 9.97 Å². The zero-order valence-electron chi connectivity index (χ0n) is 10.6. The van der Waals surface area contributed by atoms with E-state index < -0.39 is 5.97 Å². The molecule has 1 aliphatic carbocycles. The maximum absolute atomic E-state index is 11.2. The third-order valence-corrected chi connectivity index (χ3v) is 2.89. The fraction of sp³-hybridized carbons (Fsp3) is 0.462. The summed E-state index contributed by atoms with van der Waals surface area (Å²) in [6.07, 6.45) is 7.56. The van der Waals surface area contributed by atoms with Crippen LogP contribution in [-0.2, 0) is 0 Å². The van der Waals surface area contributed by atoms with E-state index >= 15 is 0 Å². The van der Waals surface area contributed by atoms with E-state index in [9.17, 15) is 9.90 Å². The van der Waals surface area contributed by atoms with Crippen LogP contribution in [0.25, 0.3) is 0 Å². The minimum atomic E-state index is -1.02. The topological polar surface area (TPSA) is 75.1 Å². The van der Waals surface area contributed by atoms with Crippen LogP contribution in [0.5, 0.6) is 0 Å². The van der Waals surface area contributed by atoms with Crippen molar-refractivity contribution in [2.45, 2.75) is 38.6 Å². The van der Waals surface area contributed by atoms with Gasteiger partial charge in [0, 0.05) is 12.0 Å². The molecule has 5 heteroatoms. The second-order valence-electron chi connectivity index (χ2n) is 4.73. The van der Waals surface area contributed by atoms with Crippen molar-refractivity contribution in [3.8, 4) is 0 Å². The van der Waals surface area contributed by atoms with Crippen molar-refractivity contribution in [3.63, 3.8) is 0 Å². The zero-order chi connectivity index (χ0) is 13.1. The molecule has 2 N–H and O–H groups in total. The number of nitrogens with one attached hydrogen (secondary N) is 1. The Morgan fingerprint density at radius 2 is 2.11 bits per heavy atom. The highest BCUT2D eigenvalue weighted by Crippen LogP contribution is 2.20. The van der Waals surface area contributed by atoms with Crippen LogP contribution >= 0.6 is 0 Å². The Bertz CT molecular complexity index is 475. The van der Waals surface area contributed by atoms with E-state index in [0.29, 0.717) is 11.5 Å². The highest BCUT2D eigenvalue weighted by Gasteiger charge is 2.18. The third-order valence-electron chi connectivity index (χ3n) is 2.89. The van der Waals surface area contributed by atoms with Crippen LogP contribution < -0.4 is 5.32 Å². The minimum absolute atomic E-state index is 0.0561. The Labute approximate surface area is 106 Å². The molecule has 0 saturated carbocycles. The molecule has 0 bridgehead atoms. The van der Waals surface area contributed by atoms with Gasteiger partial charge >= 0.3 is 5.97 Å². The molecule has 18 heavy (non-hydrogen) atoms. The largest absolute Gasteiger partial charge is 0.476 e. The van der Waals surface area contributed by atoms with Gasteiger partial charge in [-0.05, 0) is 12.8 Å². The number of aromatic carboxylic acids is 1. The van der Waals surface area contributed by atoms with Crippen LogP contribution in [0.2, 0.25) is 0 Å². The summed E-state index contributed by atoms with van der Waals surface area (Å²) in [4.78, 5) is 19.6. The summed E-state index contributed by atoms with van der Waals surface area (Å²) >= 11 is 0.